The summed E-state index contributed by atoms with van der Waals surface area (Å²) >= 11 is 6.99. The molecule has 0 bridgehead atoms. The van der Waals surface area contributed by atoms with Gasteiger partial charge in [-0.3, -0.25) is 4.79 Å². The molecule has 0 saturated carbocycles. The molecule has 2 aromatic rings. The summed E-state index contributed by atoms with van der Waals surface area (Å²) in [4.78, 5) is 12.4. The lowest BCUT2D eigenvalue weighted by Gasteiger charge is -2.06. The average Bonchev–Trinajstić information content (AvgIpc) is 2.83. The van der Waals surface area contributed by atoms with Gasteiger partial charge in [-0.2, -0.15) is 5.26 Å². The Hall–Kier alpha value is -2.03. The number of benzene rings is 1. The zero-order chi connectivity index (χ0) is 13.7. The van der Waals surface area contributed by atoms with Crippen LogP contribution in [-0.2, 0) is 0 Å². The number of nitriles is 1. The molecule has 1 aromatic carbocycles. The molecule has 4 nitrogen and oxygen atoms in total. The number of ether oxygens (including phenoxy) is 1. The molecule has 0 aliphatic rings. The fourth-order valence-electron chi connectivity index (χ4n) is 1.41. The van der Waals surface area contributed by atoms with E-state index >= 15 is 0 Å². The number of hydrogen-bond donors (Lipinski definition) is 1. The van der Waals surface area contributed by atoms with Gasteiger partial charge in [0, 0.05) is 11.8 Å². The number of rotatable bonds is 4. The molecule has 0 spiro atoms. The Balaban J connectivity index is 2.06. The van der Waals surface area contributed by atoms with E-state index in [2.05, 4.69) is 5.32 Å². The second kappa shape index (κ2) is 6.23. The number of amides is 1. The van der Waals surface area contributed by atoms with Crippen LogP contribution in [0.5, 0.6) is 5.75 Å². The Kier molecular flexibility index (Phi) is 4.39. The number of nitrogens with one attached hydrogen (secondary N) is 1. The summed E-state index contributed by atoms with van der Waals surface area (Å²) in [6, 6.07) is 12.1. The van der Waals surface area contributed by atoms with Crippen molar-refractivity contribution in [3.8, 4) is 11.8 Å². The van der Waals surface area contributed by atoms with Crippen molar-refractivity contribution in [2.45, 2.75) is 0 Å². The Morgan fingerprint density at radius 2 is 2.26 bits per heavy atom. The lowest BCUT2D eigenvalue weighted by atomic mass is 10.3. The van der Waals surface area contributed by atoms with Crippen LogP contribution in [0.4, 0.5) is 5.69 Å². The number of thiophene rings is 1. The molecule has 1 heterocycles. The quantitative estimate of drug-likeness (QED) is 0.937. The van der Waals surface area contributed by atoms with Crippen LogP contribution in [0.15, 0.2) is 36.4 Å². The molecule has 0 unspecified atom stereocenters. The second-order valence-electron chi connectivity index (χ2n) is 3.53. The van der Waals surface area contributed by atoms with Crippen LogP contribution in [0, 0.1) is 11.3 Å². The largest absolute Gasteiger partial charge is 0.479 e. The van der Waals surface area contributed by atoms with Crippen molar-refractivity contribution in [3.05, 3.63) is 45.6 Å². The Labute approximate surface area is 119 Å². The number of hydrogen-bond acceptors (Lipinski definition) is 4. The van der Waals surface area contributed by atoms with Crippen molar-refractivity contribution in [2.24, 2.45) is 0 Å². The zero-order valence-corrected chi connectivity index (χ0v) is 11.3. The van der Waals surface area contributed by atoms with Crippen molar-refractivity contribution < 1.29 is 9.53 Å². The van der Waals surface area contributed by atoms with Gasteiger partial charge in [-0.1, -0.05) is 17.7 Å². The molecule has 0 radical (unpaired) electrons. The zero-order valence-electron chi connectivity index (χ0n) is 9.72. The first-order valence-corrected chi connectivity index (χ1v) is 6.55. The molecular weight excluding hydrogens is 284 g/mol. The minimum Gasteiger partial charge on any atom is -0.479 e. The van der Waals surface area contributed by atoms with Gasteiger partial charge >= 0.3 is 0 Å². The van der Waals surface area contributed by atoms with E-state index in [1.165, 1.54) is 11.3 Å². The van der Waals surface area contributed by atoms with E-state index in [0.29, 0.717) is 20.7 Å². The third-order valence-electron chi connectivity index (χ3n) is 2.19. The van der Waals surface area contributed by atoms with Crippen molar-refractivity contribution in [2.75, 3.05) is 11.9 Å². The Morgan fingerprint density at radius 3 is 2.95 bits per heavy atom. The highest BCUT2D eigenvalue weighted by atomic mass is 35.5. The average molecular weight is 293 g/mol. The summed E-state index contributed by atoms with van der Waals surface area (Å²) < 4.78 is 5.72. The van der Waals surface area contributed by atoms with Crippen molar-refractivity contribution in [3.63, 3.8) is 0 Å². The standard InChI is InChI=1S/C13H9ClN2O2S/c14-12-5-4-11(19-12)13(17)16-9-2-1-3-10(8-9)18-7-6-15/h1-5,8H,7H2,(H,16,17). The highest BCUT2D eigenvalue weighted by Crippen LogP contribution is 2.23. The summed E-state index contributed by atoms with van der Waals surface area (Å²) in [5.74, 6) is 0.304. The number of nitrogens with zero attached hydrogens (tertiary/aromatic N) is 1. The topological polar surface area (TPSA) is 62.1 Å². The van der Waals surface area contributed by atoms with Gasteiger partial charge in [0.1, 0.15) is 11.8 Å². The van der Waals surface area contributed by atoms with Crippen LogP contribution in [-0.4, -0.2) is 12.5 Å². The van der Waals surface area contributed by atoms with Gasteiger partial charge in [-0.15, -0.1) is 11.3 Å². The van der Waals surface area contributed by atoms with Crippen LogP contribution in [0.1, 0.15) is 9.67 Å². The van der Waals surface area contributed by atoms with Gasteiger partial charge < -0.3 is 10.1 Å². The summed E-state index contributed by atoms with van der Waals surface area (Å²) in [6.07, 6.45) is 0. The van der Waals surface area contributed by atoms with Gasteiger partial charge in [0.2, 0.25) is 0 Å². The maximum Gasteiger partial charge on any atom is 0.265 e. The fourth-order valence-corrected chi connectivity index (χ4v) is 2.35. The summed E-state index contributed by atoms with van der Waals surface area (Å²) in [6.45, 7) is -0.0298. The number of carbonyl (C=O) groups excluding carboxylic acids is 1. The summed E-state index contributed by atoms with van der Waals surface area (Å²) in [5, 5.41) is 11.2. The molecule has 1 N–H and O–H groups in total. The molecule has 19 heavy (non-hydrogen) atoms. The van der Waals surface area contributed by atoms with Crippen LogP contribution >= 0.6 is 22.9 Å². The first kappa shape index (κ1) is 13.4. The molecule has 1 aromatic heterocycles. The molecular formula is C13H9ClN2O2S. The van der Waals surface area contributed by atoms with E-state index in [0.717, 1.165) is 0 Å². The van der Waals surface area contributed by atoms with Gasteiger partial charge in [0.05, 0.1) is 9.21 Å². The maximum atomic E-state index is 11.9. The number of anilines is 1. The lowest BCUT2D eigenvalue weighted by Crippen LogP contribution is -2.10. The first-order chi connectivity index (χ1) is 9.19. The van der Waals surface area contributed by atoms with Gasteiger partial charge in [-0.25, -0.2) is 0 Å². The molecule has 0 aliphatic heterocycles. The first-order valence-electron chi connectivity index (χ1n) is 5.35. The lowest BCUT2D eigenvalue weighted by molar-refractivity contribution is 0.103. The van der Waals surface area contributed by atoms with Gasteiger partial charge in [0.25, 0.3) is 5.91 Å². The molecule has 0 aliphatic carbocycles. The highest BCUT2D eigenvalue weighted by molar-refractivity contribution is 7.18. The second-order valence-corrected chi connectivity index (χ2v) is 5.25. The Morgan fingerprint density at radius 1 is 1.42 bits per heavy atom. The van der Waals surface area contributed by atoms with Crippen LogP contribution < -0.4 is 10.1 Å². The van der Waals surface area contributed by atoms with Crippen LogP contribution in [0.3, 0.4) is 0 Å². The van der Waals surface area contributed by atoms with Crippen LogP contribution in [0.25, 0.3) is 0 Å². The predicted octanol–water partition coefficient (Wildman–Crippen LogP) is 3.56. The highest BCUT2D eigenvalue weighted by Gasteiger charge is 2.09. The fraction of sp³-hybridized carbons (Fsp3) is 0.0769. The minimum atomic E-state index is -0.227. The molecule has 2 rings (SSSR count). The van der Waals surface area contributed by atoms with E-state index in [1.54, 1.807) is 36.4 Å². The summed E-state index contributed by atoms with van der Waals surface area (Å²) in [5.41, 5.74) is 0.602. The molecule has 0 fully saturated rings. The van der Waals surface area contributed by atoms with Crippen molar-refractivity contribution >= 4 is 34.5 Å². The van der Waals surface area contributed by atoms with Crippen molar-refractivity contribution in [1.29, 1.82) is 5.26 Å². The SMILES string of the molecule is N#CCOc1cccc(NC(=O)c2ccc(Cl)s2)c1. The maximum absolute atomic E-state index is 11.9. The molecule has 0 atom stereocenters. The van der Waals surface area contributed by atoms with E-state index in [9.17, 15) is 4.79 Å². The number of carbonyl (C=O) groups is 1. The predicted molar refractivity (Wildman–Crippen MR) is 74.8 cm³/mol. The van der Waals surface area contributed by atoms with E-state index in [4.69, 9.17) is 21.6 Å². The van der Waals surface area contributed by atoms with Crippen molar-refractivity contribution in [1.82, 2.24) is 0 Å². The monoisotopic (exact) mass is 292 g/mol. The third kappa shape index (κ3) is 3.71. The summed E-state index contributed by atoms with van der Waals surface area (Å²) in [7, 11) is 0. The van der Waals surface area contributed by atoms with Gasteiger partial charge in [0.15, 0.2) is 6.61 Å². The molecule has 6 heteroatoms. The normalized spacial score (nSPS) is 9.68. The van der Waals surface area contributed by atoms with E-state index in [1.807, 2.05) is 6.07 Å². The smallest absolute Gasteiger partial charge is 0.265 e. The van der Waals surface area contributed by atoms with Crippen LogP contribution in [0.2, 0.25) is 4.34 Å². The Bertz CT molecular complexity index is 634. The molecule has 96 valence electrons. The minimum absolute atomic E-state index is 0.0298. The van der Waals surface area contributed by atoms with E-state index < -0.39 is 0 Å². The third-order valence-corrected chi connectivity index (χ3v) is 3.42. The molecule has 1 amide bonds. The van der Waals surface area contributed by atoms with Gasteiger partial charge in [-0.05, 0) is 24.3 Å². The number of halogens is 1. The molecule has 0 saturated heterocycles. The van der Waals surface area contributed by atoms with E-state index in [-0.39, 0.29) is 12.5 Å².